The van der Waals surface area contributed by atoms with Crippen LogP contribution in [0, 0.1) is 5.82 Å². The van der Waals surface area contributed by atoms with Crippen molar-refractivity contribution in [3.63, 3.8) is 0 Å². The average Bonchev–Trinajstić information content (AvgIpc) is 2.78. The Labute approximate surface area is 190 Å². The van der Waals surface area contributed by atoms with E-state index in [-0.39, 0.29) is 11.7 Å². The molecule has 4 nitrogen and oxygen atoms in total. The maximum Gasteiger partial charge on any atom is 0.123 e. The normalized spacial score (nSPS) is 13.8. The molecular weight excluding hydrogens is 421 g/mol. The van der Waals surface area contributed by atoms with Crippen molar-refractivity contribution in [2.75, 3.05) is 0 Å². The predicted octanol–water partition coefficient (Wildman–Crippen LogP) is 6.00. The van der Waals surface area contributed by atoms with Crippen molar-refractivity contribution >= 4 is 21.9 Å². The number of aromatic nitrogens is 2. The smallest absolute Gasteiger partial charge is 0.123 e. The van der Waals surface area contributed by atoms with E-state index < -0.39 is 15.7 Å². The molecule has 0 radical (unpaired) electrons. The van der Waals surface area contributed by atoms with E-state index in [1.54, 1.807) is 12.3 Å². The number of rotatable bonds is 6. The summed E-state index contributed by atoms with van der Waals surface area (Å²) in [5.41, 5.74) is 5.03. The third kappa shape index (κ3) is 4.33. The Morgan fingerprint density at radius 2 is 1.75 bits per heavy atom. The van der Waals surface area contributed by atoms with Crippen LogP contribution in [-0.2, 0) is 11.0 Å². The molecule has 2 atom stereocenters. The molecule has 4 aromatic rings. The van der Waals surface area contributed by atoms with Crippen LogP contribution in [-0.4, -0.2) is 18.9 Å². The summed E-state index contributed by atoms with van der Waals surface area (Å²) in [7, 11) is -1.48. The summed E-state index contributed by atoms with van der Waals surface area (Å²) >= 11 is 0. The summed E-state index contributed by atoms with van der Waals surface area (Å²) in [6.45, 7) is 5.87. The monoisotopic (exact) mass is 447 g/mol. The predicted molar refractivity (Wildman–Crippen MR) is 130 cm³/mol. The first-order chi connectivity index (χ1) is 15.3. The maximum atomic E-state index is 14.3. The maximum absolute atomic E-state index is 14.3. The van der Waals surface area contributed by atoms with Crippen molar-refractivity contribution in [3.05, 3.63) is 84.4 Å². The fourth-order valence-electron chi connectivity index (χ4n) is 4.20. The Morgan fingerprint density at radius 3 is 2.41 bits per heavy atom. The van der Waals surface area contributed by atoms with Crippen molar-refractivity contribution in [1.29, 1.82) is 0 Å². The first-order valence-corrected chi connectivity index (χ1v) is 11.8. The molecule has 6 heteroatoms. The molecule has 0 aliphatic rings. The van der Waals surface area contributed by atoms with Gasteiger partial charge in [0.25, 0.3) is 0 Å². The Bertz CT molecular complexity index is 1280. The topological polar surface area (TPSA) is 68.9 Å². The van der Waals surface area contributed by atoms with Crippen LogP contribution in [0.2, 0.25) is 0 Å². The van der Waals surface area contributed by atoms with Crippen LogP contribution in [0.15, 0.2) is 72.9 Å². The number of nitrogens with two attached hydrogens (primary N) is 1. The van der Waals surface area contributed by atoms with Crippen molar-refractivity contribution in [2.24, 2.45) is 5.14 Å². The van der Waals surface area contributed by atoms with E-state index in [9.17, 15) is 8.60 Å². The van der Waals surface area contributed by atoms with Gasteiger partial charge in [0.15, 0.2) is 0 Å². The SMILES string of the molecule is C[C@@H](CC(C)(C)S(N)=O)c1nc2ccc(F)cc2c(-c2ccccn2)c1-c1ccccc1. The lowest BCUT2D eigenvalue weighted by molar-refractivity contribution is 0.535. The fourth-order valence-corrected chi connectivity index (χ4v) is 4.62. The van der Waals surface area contributed by atoms with Crippen LogP contribution in [0.1, 0.15) is 38.8 Å². The summed E-state index contributed by atoms with van der Waals surface area (Å²) in [4.78, 5) is 9.59. The highest BCUT2D eigenvalue weighted by Gasteiger charge is 2.30. The summed E-state index contributed by atoms with van der Waals surface area (Å²) in [6.07, 6.45) is 2.32. The van der Waals surface area contributed by atoms with Crippen LogP contribution in [0.4, 0.5) is 4.39 Å². The van der Waals surface area contributed by atoms with Crippen LogP contribution < -0.4 is 5.14 Å². The van der Waals surface area contributed by atoms with Gasteiger partial charge in [-0.25, -0.2) is 8.60 Å². The van der Waals surface area contributed by atoms with Crippen molar-refractivity contribution < 1.29 is 8.60 Å². The Morgan fingerprint density at radius 1 is 1.03 bits per heavy atom. The molecule has 4 rings (SSSR count). The molecule has 0 fully saturated rings. The number of hydrogen-bond donors (Lipinski definition) is 1. The molecule has 0 amide bonds. The number of fused-ring (bicyclic) bond motifs is 1. The number of pyridine rings is 2. The molecule has 0 spiro atoms. The second-order valence-electron chi connectivity index (χ2n) is 8.65. The molecule has 1 unspecified atom stereocenters. The van der Waals surface area contributed by atoms with Crippen molar-refractivity contribution in [3.8, 4) is 22.4 Å². The van der Waals surface area contributed by atoms with E-state index in [4.69, 9.17) is 10.1 Å². The zero-order valence-corrected chi connectivity index (χ0v) is 19.2. The summed E-state index contributed by atoms with van der Waals surface area (Å²) in [5, 5.41) is 6.48. The van der Waals surface area contributed by atoms with Crippen molar-refractivity contribution in [1.82, 2.24) is 9.97 Å². The molecular formula is C26H26FN3OS. The molecule has 0 aliphatic carbocycles. The molecule has 2 aromatic heterocycles. The zero-order chi connectivity index (χ0) is 22.9. The highest BCUT2D eigenvalue weighted by Crippen LogP contribution is 2.43. The van der Waals surface area contributed by atoms with Gasteiger partial charge < -0.3 is 0 Å². The molecule has 0 aliphatic heterocycles. The van der Waals surface area contributed by atoms with Gasteiger partial charge >= 0.3 is 0 Å². The number of hydrogen-bond acceptors (Lipinski definition) is 3. The van der Waals surface area contributed by atoms with E-state index in [1.165, 1.54) is 12.1 Å². The Hall–Kier alpha value is -2.96. The molecule has 2 heterocycles. The Kier molecular flexibility index (Phi) is 6.17. The van der Waals surface area contributed by atoms with E-state index in [0.717, 1.165) is 28.1 Å². The van der Waals surface area contributed by atoms with Gasteiger partial charge in [0.2, 0.25) is 0 Å². The second kappa shape index (κ2) is 8.88. The largest absolute Gasteiger partial charge is 0.256 e. The van der Waals surface area contributed by atoms with Crippen LogP contribution in [0.25, 0.3) is 33.3 Å². The van der Waals surface area contributed by atoms with Gasteiger partial charge in [0, 0.05) is 28.6 Å². The molecule has 164 valence electrons. The van der Waals surface area contributed by atoms with Gasteiger partial charge in [-0.3, -0.25) is 15.1 Å². The molecule has 2 aromatic carbocycles. The molecule has 0 bridgehead atoms. The number of benzene rings is 2. The quantitative estimate of drug-likeness (QED) is 0.394. The number of halogens is 1. The van der Waals surface area contributed by atoms with Crippen LogP contribution in [0.5, 0.6) is 0 Å². The molecule has 32 heavy (non-hydrogen) atoms. The third-order valence-electron chi connectivity index (χ3n) is 5.77. The van der Waals surface area contributed by atoms with Gasteiger partial charge in [-0.2, -0.15) is 0 Å². The van der Waals surface area contributed by atoms with Crippen molar-refractivity contribution in [2.45, 2.75) is 37.9 Å². The minimum Gasteiger partial charge on any atom is -0.256 e. The lowest BCUT2D eigenvalue weighted by Gasteiger charge is -2.27. The van der Waals surface area contributed by atoms with E-state index >= 15 is 0 Å². The summed E-state index contributed by atoms with van der Waals surface area (Å²) < 4.78 is 25.9. The van der Waals surface area contributed by atoms with Gasteiger partial charge in [-0.15, -0.1) is 0 Å². The lowest BCUT2D eigenvalue weighted by atomic mass is 9.85. The van der Waals surface area contributed by atoms with Crippen LogP contribution in [0.3, 0.4) is 0 Å². The van der Waals surface area contributed by atoms with Gasteiger partial charge in [0.1, 0.15) is 5.82 Å². The average molecular weight is 448 g/mol. The standard InChI is InChI=1S/C26H26FN3OS/c1-17(16-26(2,3)32(28)31)25-23(18-9-5-4-6-10-18)24(22-11-7-8-14-29-22)20-15-19(27)12-13-21(20)30-25/h4-15,17H,16,28H2,1-3H3/t17-,32?/m0/s1. The molecule has 2 N–H and O–H groups in total. The Balaban J connectivity index is 2.08. The van der Waals surface area contributed by atoms with Gasteiger partial charge in [0.05, 0.1) is 32.6 Å². The first-order valence-electron chi connectivity index (χ1n) is 10.5. The number of nitrogens with zero attached hydrogens (tertiary/aromatic N) is 2. The lowest BCUT2D eigenvalue weighted by Crippen LogP contribution is -2.33. The third-order valence-corrected chi connectivity index (χ3v) is 7.02. The van der Waals surface area contributed by atoms with E-state index in [2.05, 4.69) is 11.9 Å². The highest BCUT2D eigenvalue weighted by molar-refractivity contribution is 7.84. The molecule has 0 saturated heterocycles. The minimum absolute atomic E-state index is 0.0513. The molecule has 0 saturated carbocycles. The van der Waals surface area contributed by atoms with Crippen LogP contribution >= 0.6 is 0 Å². The van der Waals surface area contributed by atoms with Gasteiger partial charge in [-0.05, 0) is 56.2 Å². The minimum atomic E-state index is -1.48. The summed E-state index contributed by atoms with van der Waals surface area (Å²) in [6, 6.07) is 20.3. The zero-order valence-electron chi connectivity index (χ0n) is 18.4. The van der Waals surface area contributed by atoms with E-state index in [0.29, 0.717) is 17.3 Å². The highest BCUT2D eigenvalue weighted by atomic mass is 32.2. The first kappa shape index (κ1) is 22.2. The van der Waals surface area contributed by atoms with Gasteiger partial charge in [-0.1, -0.05) is 43.3 Å². The van der Waals surface area contributed by atoms with E-state index in [1.807, 2.05) is 62.4 Å². The summed E-state index contributed by atoms with van der Waals surface area (Å²) in [5.74, 6) is -0.374. The fraction of sp³-hybridized carbons (Fsp3) is 0.231. The second-order valence-corrected chi connectivity index (χ2v) is 10.4.